The van der Waals surface area contributed by atoms with Crippen LogP contribution >= 0.6 is 0 Å². The summed E-state index contributed by atoms with van der Waals surface area (Å²) in [5.41, 5.74) is 4.09. The summed E-state index contributed by atoms with van der Waals surface area (Å²) >= 11 is 0. The molecule has 0 fully saturated rings. The van der Waals surface area contributed by atoms with E-state index in [1.54, 1.807) is 0 Å². The Morgan fingerprint density at radius 1 is 0.826 bits per heavy atom. The van der Waals surface area contributed by atoms with E-state index in [2.05, 4.69) is 77.7 Å². The van der Waals surface area contributed by atoms with Gasteiger partial charge in [-0.05, 0) is 41.2 Å². The van der Waals surface area contributed by atoms with Crippen molar-refractivity contribution >= 4 is 19.2 Å². The van der Waals surface area contributed by atoms with Gasteiger partial charge < -0.3 is 4.43 Å². The SMILES string of the molecule is CC(C)[Si](O[C@@H](C)c1ccnc2ccccc12)(C(C)C)C(C)C. The molecule has 0 amide bonds. The Kier molecular flexibility index (Phi) is 5.64. The van der Waals surface area contributed by atoms with Crippen molar-refractivity contribution in [1.29, 1.82) is 0 Å². The molecule has 0 aliphatic rings. The first-order valence-electron chi connectivity index (χ1n) is 8.82. The van der Waals surface area contributed by atoms with E-state index in [9.17, 15) is 0 Å². The van der Waals surface area contributed by atoms with E-state index in [0.29, 0.717) is 16.6 Å². The Morgan fingerprint density at radius 2 is 1.39 bits per heavy atom. The molecule has 1 aromatic carbocycles. The van der Waals surface area contributed by atoms with Crippen molar-refractivity contribution in [3.8, 4) is 0 Å². The van der Waals surface area contributed by atoms with Crippen LogP contribution < -0.4 is 0 Å². The van der Waals surface area contributed by atoms with Gasteiger partial charge in [-0.3, -0.25) is 4.98 Å². The molecule has 2 nitrogen and oxygen atoms in total. The zero-order valence-corrected chi connectivity index (χ0v) is 16.6. The minimum Gasteiger partial charge on any atom is -0.409 e. The highest BCUT2D eigenvalue weighted by atomic mass is 28.4. The molecule has 1 atom stereocenters. The van der Waals surface area contributed by atoms with E-state index >= 15 is 0 Å². The fourth-order valence-electron chi connectivity index (χ4n) is 4.25. The van der Waals surface area contributed by atoms with E-state index in [1.165, 1.54) is 10.9 Å². The lowest BCUT2D eigenvalue weighted by molar-refractivity contribution is 0.196. The summed E-state index contributed by atoms with van der Waals surface area (Å²) in [5, 5.41) is 1.21. The normalized spacial score (nSPS) is 14.2. The highest BCUT2D eigenvalue weighted by molar-refractivity contribution is 6.77. The summed E-state index contributed by atoms with van der Waals surface area (Å²) in [7, 11) is -1.88. The van der Waals surface area contributed by atoms with Crippen molar-refractivity contribution in [3.63, 3.8) is 0 Å². The lowest BCUT2D eigenvalue weighted by Gasteiger charge is -2.44. The van der Waals surface area contributed by atoms with Gasteiger partial charge in [-0.25, -0.2) is 0 Å². The number of hydrogen-bond acceptors (Lipinski definition) is 2. The Morgan fingerprint density at radius 3 is 1.96 bits per heavy atom. The Labute approximate surface area is 142 Å². The molecule has 0 N–H and O–H groups in total. The maximum Gasteiger partial charge on any atom is 0.201 e. The first-order chi connectivity index (χ1) is 10.8. The smallest absolute Gasteiger partial charge is 0.201 e. The lowest BCUT2D eigenvalue weighted by atomic mass is 10.1. The second-order valence-electron chi connectivity index (χ2n) is 7.50. The molecule has 0 aliphatic heterocycles. The van der Waals surface area contributed by atoms with Gasteiger partial charge in [0, 0.05) is 11.6 Å². The van der Waals surface area contributed by atoms with Crippen LogP contribution in [0.5, 0.6) is 0 Å². The molecule has 0 saturated heterocycles. The maximum atomic E-state index is 6.93. The molecule has 23 heavy (non-hydrogen) atoms. The molecule has 0 saturated carbocycles. The fourth-order valence-corrected chi connectivity index (χ4v) is 9.81. The summed E-state index contributed by atoms with van der Waals surface area (Å²) in [6, 6.07) is 10.5. The van der Waals surface area contributed by atoms with Gasteiger partial charge in [0.1, 0.15) is 0 Å². The van der Waals surface area contributed by atoms with Crippen LogP contribution in [0.3, 0.4) is 0 Å². The topological polar surface area (TPSA) is 22.1 Å². The number of benzene rings is 1. The monoisotopic (exact) mass is 329 g/mol. The summed E-state index contributed by atoms with van der Waals surface area (Å²) < 4.78 is 6.93. The van der Waals surface area contributed by atoms with Gasteiger partial charge in [0.15, 0.2) is 0 Å². The minimum atomic E-state index is -1.88. The molecule has 2 rings (SSSR count). The predicted octanol–water partition coefficient (Wildman–Crippen LogP) is 6.49. The van der Waals surface area contributed by atoms with Crippen molar-refractivity contribution in [1.82, 2.24) is 4.98 Å². The van der Waals surface area contributed by atoms with Crippen LogP contribution in [0.15, 0.2) is 36.5 Å². The van der Waals surface area contributed by atoms with Crippen LogP contribution in [0, 0.1) is 0 Å². The maximum absolute atomic E-state index is 6.93. The zero-order valence-electron chi connectivity index (χ0n) is 15.6. The molecule has 0 aliphatic carbocycles. The van der Waals surface area contributed by atoms with Crippen molar-refractivity contribution in [3.05, 3.63) is 42.1 Å². The zero-order chi connectivity index (χ0) is 17.2. The second-order valence-corrected chi connectivity index (χ2v) is 12.9. The van der Waals surface area contributed by atoms with Crippen LogP contribution in [0.1, 0.15) is 60.1 Å². The number of hydrogen-bond donors (Lipinski definition) is 0. The molecule has 0 unspecified atom stereocenters. The molecule has 0 spiro atoms. The third-order valence-corrected chi connectivity index (χ3v) is 11.4. The third kappa shape index (κ3) is 3.36. The Bertz CT molecular complexity index is 624. The van der Waals surface area contributed by atoms with Gasteiger partial charge >= 0.3 is 0 Å². The Balaban J connectivity index is 2.44. The number of pyridine rings is 1. The number of nitrogens with zero attached hydrogens (tertiary/aromatic N) is 1. The molecule has 3 heteroatoms. The standard InChI is InChI=1S/C20H31NOSi/c1-14(2)23(15(3)4,16(5)6)22-17(7)18-12-13-21-20-11-9-8-10-19(18)20/h8-17H,1-7H3/t17-/m0/s1. The largest absolute Gasteiger partial charge is 0.409 e. The summed E-state index contributed by atoms with van der Waals surface area (Å²) in [5.74, 6) is 0. The van der Waals surface area contributed by atoms with Crippen molar-refractivity contribution in [2.24, 2.45) is 0 Å². The van der Waals surface area contributed by atoms with Crippen LogP contribution in [-0.4, -0.2) is 13.3 Å². The molecule has 126 valence electrons. The van der Waals surface area contributed by atoms with Gasteiger partial charge in [0.2, 0.25) is 8.32 Å². The van der Waals surface area contributed by atoms with E-state index in [4.69, 9.17) is 4.43 Å². The second kappa shape index (κ2) is 7.14. The van der Waals surface area contributed by atoms with E-state index in [1.807, 2.05) is 12.3 Å². The van der Waals surface area contributed by atoms with Crippen molar-refractivity contribution in [2.75, 3.05) is 0 Å². The highest BCUT2D eigenvalue weighted by Gasteiger charge is 2.46. The van der Waals surface area contributed by atoms with Crippen LogP contribution in [0.4, 0.5) is 0 Å². The minimum absolute atomic E-state index is 0.0989. The molecule has 2 aromatic rings. The van der Waals surface area contributed by atoms with Crippen LogP contribution in [0.2, 0.25) is 16.6 Å². The first-order valence-corrected chi connectivity index (χ1v) is 11.0. The quantitative estimate of drug-likeness (QED) is 0.565. The molecular formula is C20H31NOSi. The fraction of sp³-hybridized carbons (Fsp3) is 0.550. The molecule has 0 radical (unpaired) electrons. The average Bonchev–Trinajstić information content (AvgIpc) is 2.50. The lowest BCUT2D eigenvalue weighted by Crippen LogP contribution is -2.48. The number of fused-ring (bicyclic) bond motifs is 1. The predicted molar refractivity (Wildman–Crippen MR) is 102 cm³/mol. The molecular weight excluding hydrogens is 298 g/mol. The van der Waals surface area contributed by atoms with Crippen LogP contribution in [-0.2, 0) is 4.43 Å². The number of rotatable bonds is 6. The first kappa shape index (κ1) is 18.1. The van der Waals surface area contributed by atoms with Gasteiger partial charge in [0.05, 0.1) is 11.6 Å². The number of para-hydroxylation sites is 1. The van der Waals surface area contributed by atoms with Gasteiger partial charge in [0.25, 0.3) is 0 Å². The number of aromatic nitrogens is 1. The van der Waals surface area contributed by atoms with Gasteiger partial charge in [-0.1, -0.05) is 59.7 Å². The highest BCUT2D eigenvalue weighted by Crippen LogP contribution is 2.45. The van der Waals surface area contributed by atoms with E-state index in [-0.39, 0.29) is 6.10 Å². The van der Waals surface area contributed by atoms with Gasteiger partial charge in [-0.15, -0.1) is 0 Å². The molecule has 1 aromatic heterocycles. The van der Waals surface area contributed by atoms with Gasteiger partial charge in [-0.2, -0.15) is 0 Å². The molecule has 1 heterocycles. The summed E-state index contributed by atoms with van der Waals surface area (Å²) in [6.45, 7) is 16.2. The summed E-state index contributed by atoms with van der Waals surface area (Å²) in [4.78, 5) is 4.48. The molecule has 0 bridgehead atoms. The van der Waals surface area contributed by atoms with Crippen LogP contribution in [0.25, 0.3) is 10.9 Å². The van der Waals surface area contributed by atoms with E-state index in [0.717, 1.165) is 5.52 Å². The average molecular weight is 330 g/mol. The van der Waals surface area contributed by atoms with Crippen molar-refractivity contribution < 1.29 is 4.43 Å². The Hall–Kier alpha value is -1.19. The third-order valence-electron chi connectivity index (χ3n) is 5.21. The van der Waals surface area contributed by atoms with E-state index < -0.39 is 8.32 Å². The van der Waals surface area contributed by atoms with Crippen molar-refractivity contribution in [2.45, 2.75) is 71.2 Å². The summed E-state index contributed by atoms with van der Waals surface area (Å²) in [6.07, 6.45) is 2.00.